The largest absolute Gasteiger partial charge is 0.391 e. The van der Waals surface area contributed by atoms with Crippen LogP contribution in [-0.4, -0.2) is 226 Å². The number of aromatic nitrogens is 5. The number of nitrogens with two attached hydrogens (primary N) is 2. The lowest BCUT2D eigenvalue weighted by Gasteiger charge is -2.28. The molecule has 3 saturated heterocycles. The lowest BCUT2D eigenvalue weighted by molar-refractivity contribution is -0.140. The number of rotatable bonds is 27. The molecule has 4 aliphatic rings. The molecule has 2 bridgehead atoms. The van der Waals surface area contributed by atoms with Crippen molar-refractivity contribution in [2.24, 2.45) is 11.5 Å². The molecule has 0 radical (unpaired) electrons. The van der Waals surface area contributed by atoms with Crippen molar-refractivity contribution in [3.63, 3.8) is 0 Å². The van der Waals surface area contributed by atoms with E-state index in [1.165, 1.54) is 24.3 Å². The monoisotopic (exact) mass is 1220 g/mol. The van der Waals surface area contributed by atoms with Gasteiger partial charge in [-0.15, -0.1) is 5.10 Å². The van der Waals surface area contributed by atoms with Gasteiger partial charge in [0.1, 0.15) is 30.2 Å². The molecular formula is C54H89N17O13S. The summed E-state index contributed by atoms with van der Waals surface area (Å²) >= 11 is 1.88. The number of H-pyrrole nitrogens is 1. The molecule has 31 heteroatoms. The van der Waals surface area contributed by atoms with Crippen LogP contribution in [0, 0.1) is 0 Å². The van der Waals surface area contributed by atoms with E-state index in [2.05, 4.69) is 68.1 Å². The molecule has 15 N–H and O–H groups in total. The number of carbonyl (C=O) groups is 9. The van der Waals surface area contributed by atoms with Gasteiger partial charge < -0.3 is 88.5 Å². The minimum absolute atomic E-state index is 0.0235. The second-order valence-corrected chi connectivity index (χ2v) is 23.0. The van der Waals surface area contributed by atoms with Gasteiger partial charge in [-0.1, -0.05) is 11.6 Å². The Labute approximate surface area is 499 Å². The summed E-state index contributed by atoms with van der Waals surface area (Å²) in [7, 11) is 0. The van der Waals surface area contributed by atoms with E-state index in [-0.39, 0.29) is 62.8 Å². The Hall–Kier alpha value is -6.51. The Morgan fingerprint density at radius 2 is 1.51 bits per heavy atom. The Kier molecular flexibility index (Phi) is 29.0. The first-order valence-electron chi connectivity index (χ1n) is 29.8. The average Bonchev–Trinajstić information content (AvgIpc) is 4.14. The summed E-state index contributed by atoms with van der Waals surface area (Å²) in [5.41, 5.74) is 12.8. The zero-order valence-electron chi connectivity index (χ0n) is 48.7. The van der Waals surface area contributed by atoms with E-state index in [1.54, 1.807) is 10.9 Å². The molecule has 2 unspecified atom stereocenters. The van der Waals surface area contributed by atoms with Crippen LogP contribution in [0.2, 0.25) is 0 Å². The van der Waals surface area contributed by atoms with Crippen LogP contribution in [0.15, 0.2) is 18.7 Å². The number of aliphatic hydroxyl groups is 1. The Bertz CT molecular complexity index is 2460. The van der Waals surface area contributed by atoms with Crippen molar-refractivity contribution in [2.45, 2.75) is 176 Å². The molecule has 0 aromatic carbocycles. The maximum absolute atomic E-state index is 14.0. The van der Waals surface area contributed by atoms with Crippen molar-refractivity contribution < 1.29 is 62.5 Å². The van der Waals surface area contributed by atoms with E-state index < -0.39 is 90.3 Å². The standard InChI is InChI=1S/C54H89N17O13S/c1-34(72)46-53(80)63-39(11-4-6-16-55)51(78)64-40(28-35-29-57-33-61-35)50(77)60-30-45(74)71-20-8-13-42(71)52(79)62-38(12-5-7-19-70-31-36(68-69-70)27-37(56)48(75)66-46)49(76)59-18-10-22-83-24-26-84-25-23-82-21-9-17-58-44(73)15-3-2-14-43-47-41(32-85-43)65-54(81)67-47/h29,31,33-34,37-43,46-47,72H,2-28,30,32,55-56H2,1H3,(H,57,61)(H,58,73)(H,59,76)(H,60,77)(H,62,79)(H,63,80)(H,64,78)(H,66,75)(H2,65,67,81)/t34-,37-,38-,39-,40-,41+,42?,43?,46-,47+/m0/s1. The minimum Gasteiger partial charge on any atom is -0.391 e. The van der Waals surface area contributed by atoms with Gasteiger partial charge in [-0.05, 0) is 90.5 Å². The zero-order valence-corrected chi connectivity index (χ0v) is 49.5. The average molecular weight is 1220 g/mol. The first kappa shape index (κ1) is 67.6. The number of thioether (sulfide) groups is 1. The normalized spacial score (nSPS) is 25.2. The predicted molar refractivity (Wildman–Crippen MR) is 310 cm³/mol. The summed E-state index contributed by atoms with van der Waals surface area (Å²) < 4.78 is 18.5. The molecule has 474 valence electrons. The van der Waals surface area contributed by atoms with Crippen LogP contribution in [-0.2, 0) is 72.0 Å². The summed E-state index contributed by atoms with van der Waals surface area (Å²) in [6, 6.07) is -6.94. The van der Waals surface area contributed by atoms with Gasteiger partial charge in [0.05, 0.1) is 74.9 Å². The van der Waals surface area contributed by atoms with Crippen LogP contribution in [0.1, 0.15) is 108 Å². The van der Waals surface area contributed by atoms with Gasteiger partial charge in [-0.3, -0.25) is 43.0 Å². The smallest absolute Gasteiger partial charge is 0.315 e. The van der Waals surface area contributed by atoms with Crippen LogP contribution in [0.3, 0.4) is 0 Å². The molecule has 0 saturated carbocycles. The summed E-state index contributed by atoms with van der Waals surface area (Å²) in [5.74, 6) is -3.77. The molecule has 30 nitrogen and oxygen atoms in total. The summed E-state index contributed by atoms with van der Waals surface area (Å²) in [6.45, 7) is 4.66. The van der Waals surface area contributed by atoms with E-state index in [4.69, 9.17) is 25.7 Å². The van der Waals surface area contributed by atoms with E-state index in [0.29, 0.717) is 134 Å². The maximum atomic E-state index is 14.0. The number of hydrogen-bond acceptors (Lipinski definition) is 19. The van der Waals surface area contributed by atoms with Gasteiger partial charge >= 0.3 is 6.03 Å². The van der Waals surface area contributed by atoms with Crippen LogP contribution >= 0.6 is 11.8 Å². The molecule has 2 aromatic rings. The number of carbonyl (C=O) groups excluding carboxylic acids is 9. The number of imidazole rings is 1. The molecule has 10 atom stereocenters. The highest BCUT2D eigenvalue weighted by Gasteiger charge is 2.43. The number of urea groups is 1. The quantitative estimate of drug-likeness (QED) is 0.0307. The second-order valence-electron chi connectivity index (χ2n) is 21.8. The topological polar surface area (TPSA) is 424 Å². The Morgan fingerprint density at radius 3 is 2.24 bits per heavy atom. The SMILES string of the molecule is C[C@H](O)[C@@H]1NC(=O)[C@@H](N)Cc2cn(nn2)CCCC[C@@H](C(=O)NCCCOCCOCCOCCCNC(=O)CCCCC2SC[C@H]3NC(=O)N[C@@H]23)NC(=O)C2CCCN2C(=O)CNC(=O)[C@H](Cc2c[nH]cn2)NC(=O)[C@H](CCCCN)NC1=O. The van der Waals surface area contributed by atoms with Gasteiger partial charge in [0.25, 0.3) is 0 Å². The molecule has 0 aliphatic carbocycles. The molecule has 6 rings (SSSR count). The van der Waals surface area contributed by atoms with Crippen LogP contribution in [0.5, 0.6) is 0 Å². The van der Waals surface area contributed by atoms with Crippen LogP contribution in [0.25, 0.3) is 0 Å². The van der Waals surface area contributed by atoms with Crippen molar-refractivity contribution in [3.05, 3.63) is 30.1 Å². The fraction of sp³-hybridized carbons (Fsp3) is 0.741. The number of nitrogens with zero attached hydrogens (tertiary/aromatic N) is 5. The van der Waals surface area contributed by atoms with E-state index in [1.807, 2.05) is 11.8 Å². The van der Waals surface area contributed by atoms with Crippen molar-refractivity contribution >= 4 is 65.1 Å². The summed E-state index contributed by atoms with van der Waals surface area (Å²) in [6.07, 6.45) is 10.2. The number of aliphatic hydroxyl groups excluding tert-OH is 1. The first-order valence-corrected chi connectivity index (χ1v) is 30.9. The van der Waals surface area contributed by atoms with Gasteiger partial charge in [0.2, 0.25) is 47.3 Å². The Morgan fingerprint density at radius 1 is 0.776 bits per heavy atom. The third kappa shape index (κ3) is 23.0. The number of hydrogen-bond donors (Lipinski definition) is 13. The van der Waals surface area contributed by atoms with Crippen LogP contribution < -0.4 is 59.3 Å². The van der Waals surface area contributed by atoms with E-state index in [0.717, 1.165) is 25.0 Å². The number of nitrogens with one attached hydrogen (secondary N) is 10. The minimum atomic E-state index is -1.53. The third-order valence-electron chi connectivity index (χ3n) is 15.0. The fourth-order valence-corrected chi connectivity index (χ4v) is 11.9. The van der Waals surface area contributed by atoms with Crippen molar-refractivity contribution in [3.8, 4) is 0 Å². The van der Waals surface area contributed by atoms with Gasteiger partial charge in [0, 0.05) is 82.1 Å². The zero-order chi connectivity index (χ0) is 60.9. The predicted octanol–water partition coefficient (Wildman–Crippen LogP) is -3.36. The van der Waals surface area contributed by atoms with Crippen molar-refractivity contribution in [2.75, 3.05) is 78.1 Å². The number of aromatic amines is 1. The molecule has 6 heterocycles. The van der Waals surface area contributed by atoms with E-state index in [9.17, 15) is 48.3 Å². The number of aryl methyl sites for hydroxylation is 1. The summed E-state index contributed by atoms with van der Waals surface area (Å²) in [5, 5.41) is 44.4. The lowest BCUT2D eigenvalue weighted by Crippen LogP contribution is -2.60. The molecule has 0 spiro atoms. The number of amides is 10. The maximum Gasteiger partial charge on any atom is 0.315 e. The first-order chi connectivity index (χ1) is 41.1. The lowest BCUT2D eigenvalue weighted by atomic mass is 10.0. The molecule has 2 aromatic heterocycles. The third-order valence-corrected chi connectivity index (χ3v) is 16.5. The van der Waals surface area contributed by atoms with Gasteiger partial charge in [-0.2, -0.15) is 11.8 Å². The van der Waals surface area contributed by atoms with Crippen LogP contribution in [0.4, 0.5) is 4.79 Å². The van der Waals surface area contributed by atoms with Crippen molar-refractivity contribution in [1.82, 2.24) is 77.7 Å². The molecule has 10 amide bonds. The summed E-state index contributed by atoms with van der Waals surface area (Å²) in [4.78, 5) is 129. The number of ether oxygens (including phenoxy) is 3. The molecular weight excluding hydrogens is 1130 g/mol. The Balaban J connectivity index is 0.952. The molecule has 85 heavy (non-hydrogen) atoms. The highest BCUT2D eigenvalue weighted by atomic mass is 32.2. The van der Waals surface area contributed by atoms with Gasteiger partial charge in [-0.25, -0.2) is 9.78 Å². The van der Waals surface area contributed by atoms with E-state index >= 15 is 0 Å². The number of fused-ring (bicyclic) bond motifs is 4. The molecule has 3 fully saturated rings. The van der Waals surface area contributed by atoms with Crippen molar-refractivity contribution in [1.29, 1.82) is 0 Å². The second kappa shape index (κ2) is 36.5. The highest BCUT2D eigenvalue weighted by molar-refractivity contribution is 8.00. The van der Waals surface area contributed by atoms with Gasteiger partial charge in [0.15, 0.2) is 0 Å². The molecule has 4 aliphatic heterocycles. The highest BCUT2D eigenvalue weighted by Crippen LogP contribution is 2.33. The fourth-order valence-electron chi connectivity index (χ4n) is 10.3. The number of unbranched alkanes of at least 4 members (excludes halogenated alkanes) is 2.